The molecule has 0 unspecified atom stereocenters. The van der Waals surface area contributed by atoms with Gasteiger partial charge in [0.1, 0.15) is 0 Å². The Labute approximate surface area is 262 Å². The standard InChI is InChI=1S/C18H36O2.C16H34O.Na.H/c1-2-3-4-5-6-7-8-9-10-11-12-13-14-15-16-17-18(19)20;1-2-3-4-5-6-7-8-9-10-11-12-13-14-15-16-17;;/h2-17H2,1H3,(H,19,20);17H,2-16H2,1H3;;. The summed E-state index contributed by atoms with van der Waals surface area (Å²) in [6, 6.07) is 0. The molecule has 0 bridgehead atoms. The number of hydrogen-bond acceptors (Lipinski definition) is 2. The van der Waals surface area contributed by atoms with Crippen molar-refractivity contribution in [2.24, 2.45) is 0 Å². The van der Waals surface area contributed by atoms with E-state index in [2.05, 4.69) is 13.8 Å². The van der Waals surface area contributed by atoms with Crippen LogP contribution in [0.15, 0.2) is 0 Å². The Morgan fingerprint density at radius 1 is 0.395 bits per heavy atom. The monoisotopic (exact) mass is 551 g/mol. The Balaban J connectivity index is -0.000000636. The number of aliphatic hydroxyl groups excluding tert-OH is 1. The second-order valence-corrected chi connectivity index (χ2v) is 11.4. The first-order valence-corrected chi connectivity index (χ1v) is 17.0. The molecule has 0 rings (SSSR count). The van der Waals surface area contributed by atoms with E-state index in [0.29, 0.717) is 13.0 Å². The van der Waals surface area contributed by atoms with Gasteiger partial charge in [-0.25, -0.2) is 0 Å². The van der Waals surface area contributed by atoms with Crippen LogP contribution in [0.4, 0.5) is 0 Å². The van der Waals surface area contributed by atoms with E-state index in [-0.39, 0.29) is 29.6 Å². The molecule has 0 saturated heterocycles. The average molecular weight is 551 g/mol. The summed E-state index contributed by atoms with van der Waals surface area (Å²) in [7, 11) is 0. The third-order valence-corrected chi connectivity index (χ3v) is 7.51. The summed E-state index contributed by atoms with van der Waals surface area (Å²) in [5, 5.41) is 17.2. The Morgan fingerprint density at radius 3 is 0.816 bits per heavy atom. The van der Waals surface area contributed by atoms with Crippen LogP contribution in [-0.2, 0) is 4.79 Å². The zero-order chi connectivity index (χ0) is 27.5. The molecule has 0 amide bonds. The number of aliphatic carboxylic acids is 1. The third kappa shape index (κ3) is 46.3. The van der Waals surface area contributed by atoms with Crippen LogP contribution in [0.25, 0.3) is 0 Å². The van der Waals surface area contributed by atoms with Gasteiger partial charge in [-0.1, -0.05) is 187 Å². The first-order chi connectivity index (χ1) is 18.2. The Bertz CT molecular complexity index is 389. The van der Waals surface area contributed by atoms with Crippen LogP contribution >= 0.6 is 0 Å². The van der Waals surface area contributed by atoms with Crippen LogP contribution in [-0.4, -0.2) is 52.3 Å². The molecule has 0 aromatic rings. The first-order valence-electron chi connectivity index (χ1n) is 17.0. The normalized spacial score (nSPS) is 10.6. The van der Waals surface area contributed by atoms with E-state index in [1.807, 2.05) is 0 Å². The summed E-state index contributed by atoms with van der Waals surface area (Å²) in [4.78, 5) is 10.3. The second-order valence-electron chi connectivity index (χ2n) is 11.4. The van der Waals surface area contributed by atoms with E-state index in [9.17, 15) is 4.79 Å². The predicted octanol–water partition coefficient (Wildman–Crippen LogP) is 11.1. The van der Waals surface area contributed by atoms with E-state index >= 15 is 0 Å². The van der Waals surface area contributed by atoms with Gasteiger partial charge in [0.05, 0.1) is 0 Å². The van der Waals surface area contributed by atoms with Crippen molar-refractivity contribution in [2.45, 2.75) is 206 Å². The maximum absolute atomic E-state index is 10.3. The molecule has 2 N–H and O–H groups in total. The fourth-order valence-corrected chi connectivity index (χ4v) is 4.95. The van der Waals surface area contributed by atoms with Crippen molar-refractivity contribution in [1.82, 2.24) is 0 Å². The summed E-state index contributed by atoms with van der Waals surface area (Å²) >= 11 is 0. The Morgan fingerprint density at radius 2 is 0.605 bits per heavy atom. The van der Waals surface area contributed by atoms with Crippen LogP contribution in [0.3, 0.4) is 0 Å². The fourth-order valence-electron chi connectivity index (χ4n) is 4.95. The molecule has 0 atom stereocenters. The zero-order valence-electron chi connectivity index (χ0n) is 25.7. The van der Waals surface area contributed by atoms with Gasteiger partial charge in [-0.05, 0) is 12.8 Å². The van der Waals surface area contributed by atoms with Gasteiger partial charge in [0.2, 0.25) is 0 Å². The van der Waals surface area contributed by atoms with Gasteiger partial charge in [0.25, 0.3) is 0 Å². The summed E-state index contributed by atoms with van der Waals surface area (Å²) in [5.74, 6) is -0.653. The van der Waals surface area contributed by atoms with E-state index in [1.54, 1.807) is 0 Å². The molecule has 38 heavy (non-hydrogen) atoms. The number of rotatable bonds is 30. The molecule has 0 aliphatic heterocycles. The number of carbonyl (C=O) groups is 1. The zero-order valence-corrected chi connectivity index (χ0v) is 25.7. The number of hydrogen-bond donors (Lipinski definition) is 2. The molecule has 0 radical (unpaired) electrons. The minimum absolute atomic E-state index is 0. The van der Waals surface area contributed by atoms with Gasteiger partial charge < -0.3 is 10.2 Å². The van der Waals surface area contributed by atoms with E-state index in [1.165, 1.54) is 167 Å². The fraction of sp³-hybridized carbons (Fsp3) is 0.971. The molecular weight excluding hydrogens is 479 g/mol. The Kier molecular flexibility index (Phi) is 47.3. The molecule has 0 saturated carbocycles. The van der Waals surface area contributed by atoms with Crippen LogP contribution < -0.4 is 0 Å². The quantitative estimate of drug-likeness (QED) is 0.0690. The average Bonchev–Trinajstić information content (AvgIpc) is 2.89. The van der Waals surface area contributed by atoms with E-state index in [0.717, 1.165) is 19.3 Å². The van der Waals surface area contributed by atoms with E-state index < -0.39 is 5.97 Å². The SMILES string of the molecule is CCCCCCCCCCCCCCCCCC(=O)O.CCCCCCCCCCCCCCCCO.[NaH]. The van der Waals surface area contributed by atoms with Crippen LogP contribution in [0.1, 0.15) is 206 Å². The molecule has 4 heteroatoms. The van der Waals surface area contributed by atoms with Crippen molar-refractivity contribution in [3.63, 3.8) is 0 Å². The molecule has 0 heterocycles. The van der Waals surface area contributed by atoms with E-state index in [4.69, 9.17) is 10.2 Å². The van der Waals surface area contributed by atoms with Crippen molar-refractivity contribution in [3.8, 4) is 0 Å². The number of carboxylic acids is 1. The molecule has 0 fully saturated rings. The molecule has 0 aromatic heterocycles. The summed E-state index contributed by atoms with van der Waals surface area (Å²) in [6.07, 6.45) is 39.4. The molecular formula is C34H71NaO3. The van der Waals surface area contributed by atoms with Gasteiger partial charge in [-0.2, -0.15) is 0 Å². The van der Waals surface area contributed by atoms with Gasteiger partial charge >= 0.3 is 35.5 Å². The van der Waals surface area contributed by atoms with Gasteiger partial charge in [-0.15, -0.1) is 0 Å². The topological polar surface area (TPSA) is 57.5 Å². The van der Waals surface area contributed by atoms with Gasteiger partial charge in [0.15, 0.2) is 0 Å². The van der Waals surface area contributed by atoms with Crippen molar-refractivity contribution in [3.05, 3.63) is 0 Å². The second kappa shape index (κ2) is 41.9. The molecule has 0 aliphatic carbocycles. The summed E-state index contributed by atoms with van der Waals surface area (Å²) in [6.45, 7) is 4.92. The van der Waals surface area contributed by atoms with Gasteiger partial charge in [-0.3, -0.25) is 4.79 Å². The van der Waals surface area contributed by atoms with Crippen LogP contribution in [0, 0.1) is 0 Å². The number of unbranched alkanes of at least 4 members (excludes halogenated alkanes) is 27. The molecule has 0 spiro atoms. The molecule has 226 valence electrons. The van der Waals surface area contributed by atoms with Crippen molar-refractivity contribution in [1.29, 1.82) is 0 Å². The van der Waals surface area contributed by atoms with Crippen molar-refractivity contribution in [2.75, 3.05) is 6.61 Å². The predicted molar refractivity (Wildman–Crippen MR) is 172 cm³/mol. The molecule has 0 aliphatic rings. The van der Waals surface area contributed by atoms with Crippen LogP contribution in [0.5, 0.6) is 0 Å². The van der Waals surface area contributed by atoms with Crippen molar-refractivity contribution >= 4 is 35.5 Å². The number of aliphatic hydroxyl groups is 1. The van der Waals surface area contributed by atoms with Crippen LogP contribution in [0.2, 0.25) is 0 Å². The molecule has 0 aromatic carbocycles. The summed E-state index contributed by atoms with van der Waals surface area (Å²) < 4.78 is 0. The first kappa shape index (κ1) is 42.9. The minimum atomic E-state index is -0.653. The maximum atomic E-state index is 10.3. The van der Waals surface area contributed by atoms with Crippen molar-refractivity contribution < 1.29 is 15.0 Å². The summed E-state index contributed by atoms with van der Waals surface area (Å²) in [5.41, 5.74) is 0. The number of carboxylic acid groups (broad SMARTS) is 1. The third-order valence-electron chi connectivity index (χ3n) is 7.51. The Hall–Kier alpha value is 0.430. The molecule has 3 nitrogen and oxygen atoms in total. The van der Waals surface area contributed by atoms with Gasteiger partial charge in [0, 0.05) is 13.0 Å².